The number of aromatic carboxylic acids is 1. The minimum absolute atomic E-state index is 0.249. The van der Waals surface area contributed by atoms with Gasteiger partial charge in [-0.2, -0.15) is 4.98 Å². The smallest absolute Gasteiger partial charge is 0.335 e. The minimum Gasteiger partial charge on any atom is -0.478 e. The van der Waals surface area contributed by atoms with Crippen LogP contribution in [0.5, 0.6) is 0 Å². The summed E-state index contributed by atoms with van der Waals surface area (Å²) in [7, 11) is 0. The number of hydrogen-bond acceptors (Lipinski definition) is 5. The summed E-state index contributed by atoms with van der Waals surface area (Å²) in [6.45, 7) is 0. The van der Waals surface area contributed by atoms with E-state index in [0.29, 0.717) is 12.0 Å². The van der Waals surface area contributed by atoms with Crippen molar-refractivity contribution in [1.29, 1.82) is 0 Å². The molecule has 1 aliphatic rings. The van der Waals surface area contributed by atoms with Crippen LogP contribution in [0.1, 0.15) is 36.0 Å². The minimum atomic E-state index is -0.943. The molecule has 1 aliphatic carbocycles. The zero-order valence-electron chi connectivity index (χ0n) is 14.3. The largest absolute Gasteiger partial charge is 0.478 e. The van der Waals surface area contributed by atoms with Gasteiger partial charge in [-0.15, -0.1) is 0 Å². The second kappa shape index (κ2) is 7.00. The Morgan fingerprint density at radius 3 is 2.46 bits per heavy atom. The van der Waals surface area contributed by atoms with E-state index >= 15 is 0 Å². The third-order valence-corrected chi connectivity index (χ3v) is 4.69. The van der Waals surface area contributed by atoms with E-state index in [0.717, 1.165) is 35.2 Å². The fourth-order valence-corrected chi connectivity index (χ4v) is 3.33. The van der Waals surface area contributed by atoms with E-state index < -0.39 is 5.97 Å². The highest BCUT2D eigenvalue weighted by Gasteiger charge is 2.17. The SMILES string of the molecule is O=C(O)c1ccc(Nc2nc(NC3CCCC3)c3ccccc3n2)cc1. The van der Waals surface area contributed by atoms with Gasteiger partial charge < -0.3 is 15.7 Å². The molecule has 0 radical (unpaired) electrons. The van der Waals surface area contributed by atoms with E-state index in [1.165, 1.54) is 12.8 Å². The number of benzene rings is 2. The van der Waals surface area contributed by atoms with Gasteiger partial charge >= 0.3 is 5.97 Å². The van der Waals surface area contributed by atoms with Crippen molar-refractivity contribution >= 4 is 34.3 Å². The van der Waals surface area contributed by atoms with Crippen molar-refractivity contribution in [3.05, 3.63) is 54.1 Å². The maximum atomic E-state index is 11.0. The summed E-state index contributed by atoms with van der Waals surface area (Å²) in [5, 5.41) is 16.7. The van der Waals surface area contributed by atoms with Gasteiger partial charge in [0.1, 0.15) is 5.82 Å². The molecule has 0 aliphatic heterocycles. The van der Waals surface area contributed by atoms with E-state index in [9.17, 15) is 4.79 Å². The summed E-state index contributed by atoms with van der Waals surface area (Å²) < 4.78 is 0. The van der Waals surface area contributed by atoms with Crippen molar-refractivity contribution in [3.63, 3.8) is 0 Å². The first-order valence-corrected chi connectivity index (χ1v) is 8.83. The van der Waals surface area contributed by atoms with Gasteiger partial charge in [-0.05, 0) is 49.2 Å². The Hall–Kier alpha value is -3.15. The van der Waals surface area contributed by atoms with Crippen LogP contribution in [0.3, 0.4) is 0 Å². The zero-order valence-corrected chi connectivity index (χ0v) is 14.3. The standard InChI is InChI=1S/C20H20N4O2/c25-19(26)13-9-11-15(12-10-13)22-20-23-17-8-4-3-7-16(17)18(24-20)21-14-5-1-2-6-14/h3-4,7-12,14H,1-2,5-6H2,(H,25,26)(H2,21,22,23,24). The average Bonchev–Trinajstić information content (AvgIpc) is 3.15. The van der Waals surface area contributed by atoms with Gasteiger partial charge in [-0.1, -0.05) is 25.0 Å². The Balaban J connectivity index is 1.64. The normalized spacial score (nSPS) is 14.5. The van der Waals surface area contributed by atoms with Gasteiger partial charge in [0.2, 0.25) is 5.95 Å². The molecule has 0 amide bonds. The maximum Gasteiger partial charge on any atom is 0.335 e. The topological polar surface area (TPSA) is 87.1 Å². The number of para-hydroxylation sites is 1. The Kier molecular flexibility index (Phi) is 4.39. The molecule has 0 spiro atoms. The van der Waals surface area contributed by atoms with Crippen molar-refractivity contribution in [2.45, 2.75) is 31.7 Å². The van der Waals surface area contributed by atoms with Gasteiger partial charge in [-0.3, -0.25) is 0 Å². The van der Waals surface area contributed by atoms with Gasteiger partial charge in [0, 0.05) is 17.1 Å². The predicted octanol–water partition coefficient (Wildman–Crippen LogP) is 4.43. The molecular weight excluding hydrogens is 328 g/mol. The number of hydrogen-bond donors (Lipinski definition) is 3. The first-order valence-electron chi connectivity index (χ1n) is 8.83. The lowest BCUT2D eigenvalue weighted by molar-refractivity contribution is 0.0697. The summed E-state index contributed by atoms with van der Waals surface area (Å²) in [6.07, 6.45) is 4.83. The van der Waals surface area contributed by atoms with Crippen LogP contribution >= 0.6 is 0 Å². The highest BCUT2D eigenvalue weighted by Crippen LogP contribution is 2.27. The summed E-state index contributed by atoms with van der Waals surface area (Å²) in [5.74, 6) is 0.390. The molecule has 1 fully saturated rings. The van der Waals surface area contributed by atoms with Crippen molar-refractivity contribution in [2.75, 3.05) is 10.6 Å². The summed E-state index contributed by atoms with van der Waals surface area (Å²) >= 11 is 0. The predicted molar refractivity (Wildman–Crippen MR) is 102 cm³/mol. The summed E-state index contributed by atoms with van der Waals surface area (Å²) in [5.41, 5.74) is 1.86. The van der Waals surface area contributed by atoms with Crippen LogP contribution in [-0.4, -0.2) is 27.1 Å². The number of anilines is 3. The Labute approximate surface area is 151 Å². The molecule has 6 heteroatoms. The van der Waals surface area contributed by atoms with Crippen LogP contribution < -0.4 is 10.6 Å². The molecular formula is C20H20N4O2. The van der Waals surface area contributed by atoms with Crippen LogP contribution in [0.25, 0.3) is 10.9 Å². The quantitative estimate of drug-likeness (QED) is 0.632. The number of carboxylic acid groups (broad SMARTS) is 1. The fraction of sp³-hybridized carbons (Fsp3) is 0.250. The van der Waals surface area contributed by atoms with Gasteiger partial charge in [0.05, 0.1) is 11.1 Å². The fourth-order valence-electron chi connectivity index (χ4n) is 3.33. The molecule has 1 aromatic heterocycles. The molecule has 1 heterocycles. The molecule has 132 valence electrons. The lowest BCUT2D eigenvalue weighted by Gasteiger charge is -2.16. The molecule has 2 aromatic carbocycles. The van der Waals surface area contributed by atoms with Crippen LogP contribution in [0, 0.1) is 0 Å². The Morgan fingerprint density at radius 1 is 1.00 bits per heavy atom. The highest BCUT2D eigenvalue weighted by atomic mass is 16.4. The first kappa shape index (κ1) is 16.3. The molecule has 4 rings (SSSR count). The third-order valence-electron chi connectivity index (χ3n) is 4.69. The van der Waals surface area contributed by atoms with Crippen LogP contribution in [0.4, 0.5) is 17.5 Å². The van der Waals surface area contributed by atoms with E-state index in [1.807, 2.05) is 24.3 Å². The third kappa shape index (κ3) is 3.44. The number of carboxylic acids is 1. The molecule has 6 nitrogen and oxygen atoms in total. The van der Waals surface area contributed by atoms with Crippen molar-refractivity contribution in [3.8, 4) is 0 Å². The number of nitrogens with one attached hydrogen (secondary N) is 2. The van der Waals surface area contributed by atoms with Gasteiger partial charge in [-0.25, -0.2) is 9.78 Å². The molecule has 26 heavy (non-hydrogen) atoms. The number of carbonyl (C=O) groups is 1. The Bertz CT molecular complexity index is 934. The molecule has 3 N–H and O–H groups in total. The number of fused-ring (bicyclic) bond motifs is 1. The van der Waals surface area contributed by atoms with Gasteiger partial charge in [0.15, 0.2) is 0 Å². The molecule has 0 bridgehead atoms. The first-order chi connectivity index (χ1) is 12.7. The number of rotatable bonds is 5. The molecule has 0 saturated heterocycles. The van der Waals surface area contributed by atoms with Crippen molar-refractivity contribution in [1.82, 2.24) is 9.97 Å². The molecule has 0 atom stereocenters. The summed E-state index contributed by atoms with van der Waals surface area (Å²) in [6, 6.07) is 14.9. The highest BCUT2D eigenvalue weighted by molar-refractivity contribution is 5.90. The second-order valence-electron chi connectivity index (χ2n) is 6.55. The van der Waals surface area contributed by atoms with Crippen molar-refractivity contribution < 1.29 is 9.90 Å². The van der Waals surface area contributed by atoms with Crippen LogP contribution in [-0.2, 0) is 0 Å². The maximum absolute atomic E-state index is 11.0. The van der Waals surface area contributed by atoms with E-state index in [1.54, 1.807) is 24.3 Å². The summed E-state index contributed by atoms with van der Waals surface area (Å²) in [4.78, 5) is 20.2. The molecule has 0 unspecified atom stereocenters. The second-order valence-corrected chi connectivity index (χ2v) is 6.55. The number of nitrogens with zero attached hydrogens (tertiary/aromatic N) is 2. The van der Waals surface area contributed by atoms with Crippen molar-refractivity contribution in [2.24, 2.45) is 0 Å². The van der Waals surface area contributed by atoms with E-state index in [2.05, 4.69) is 20.6 Å². The van der Waals surface area contributed by atoms with E-state index in [4.69, 9.17) is 5.11 Å². The molecule has 3 aromatic rings. The zero-order chi connectivity index (χ0) is 17.9. The average molecular weight is 348 g/mol. The van der Waals surface area contributed by atoms with Crippen LogP contribution in [0.2, 0.25) is 0 Å². The molecule has 1 saturated carbocycles. The van der Waals surface area contributed by atoms with E-state index in [-0.39, 0.29) is 5.56 Å². The lowest BCUT2D eigenvalue weighted by Crippen LogP contribution is -2.16. The monoisotopic (exact) mass is 348 g/mol. The number of aromatic nitrogens is 2. The lowest BCUT2D eigenvalue weighted by atomic mass is 10.2. The van der Waals surface area contributed by atoms with Crippen LogP contribution in [0.15, 0.2) is 48.5 Å². The van der Waals surface area contributed by atoms with Gasteiger partial charge in [0.25, 0.3) is 0 Å². The Morgan fingerprint density at radius 2 is 1.73 bits per heavy atom.